The summed E-state index contributed by atoms with van der Waals surface area (Å²) in [4.78, 5) is 37.5. The molecule has 1 aromatic carbocycles. The standard InChI is InChI=1S/C16H21N3O4/c1-10(9-23-2)19-8-11(7-14(19)20)16(22)18-13-6-4-3-5-12(13)15(17)21/h3-6,10-11H,7-9H2,1-2H3,(H2,17,21)(H,18,22)/t10-,11-/m0/s1. The minimum Gasteiger partial charge on any atom is -0.383 e. The van der Waals surface area contributed by atoms with Crippen LogP contribution >= 0.6 is 0 Å². The lowest BCUT2D eigenvalue weighted by atomic mass is 10.1. The molecule has 1 saturated heterocycles. The number of likely N-dealkylation sites (tertiary alicyclic amines) is 1. The number of para-hydroxylation sites is 1. The van der Waals surface area contributed by atoms with E-state index < -0.39 is 11.8 Å². The number of rotatable bonds is 6. The number of hydrogen-bond acceptors (Lipinski definition) is 4. The summed E-state index contributed by atoms with van der Waals surface area (Å²) >= 11 is 0. The second-order valence-electron chi connectivity index (χ2n) is 5.65. The number of nitrogens with zero attached hydrogens (tertiary/aromatic N) is 1. The van der Waals surface area contributed by atoms with Gasteiger partial charge >= 0.3 is 0 Å². The zero-order chi connectivity index (χ0) is 17.0. The summed E-state index contributed by atoms with van der Waals surface area (Å²) in [5.41, 5.74) is 5.90. The monoisotopic (exact) mass is 319 g/mol. The molecular weight excluding hydrogens is 298 g/mol. The molecule has 1 fully saturated rings. The molecule has 0 spiro atoms. The first kappa shape index (κ1) is 17.0. The van der Waals surface area contributed by atoms with E-state index in [0.29, 0.717) is 18.8 Å². The van der Waals surface area contributed by atoms with Gasteiger partial charge in [0.25, 0.3) is 5.91 Å². The summed E-state index contributed by atoms with van der Waals surface area (Å²) in [6, 6.07) is 6.45. The Hall–Kier alpha value is -2.41. The Morgan fingerprint density at radius 2 is 2.13 bits per heavy atom. The van der Waals surface area contributed by atoms with Crippen molar-refractivity contribution in [3.8, 4) is 0 Å². The molecular formula is C16H21N3O4. The fourth-order valence-electron chi connectivity index (χ4n) is 2.71. The molecule has 1 heterocycles. The third-order valence-corrected chi connectivity index (χ3v) is 3.92. The van der Waals surface area contributed by atoms with Gasteiger partial charge in [0.2, 0.25) is 11.8 Å². The maximum atomic E-state index is 12.4. The lowest BCUT2D eigenvalue weighted by Crippen LogP contribution is -2.38. The number of anilines is 1. The van der Waals surface area contributed by atoms with Gasteiger partial charge in [0, 0.05) is 20.1 Å². The first-order valence-corrected chi connectivity index (χ1v) is 7.42. The largest absolute Gasteiger partial charge is 0.383 e. The Morgan fingerprint density at radius 3 is 2.78 bits per heavy atom. The smallest absolute Gasteiger partial charge is 0.250 e. The first-order valence-electron chi connectivity index (χ1n) is 7.42. The summed E-state index contributed by atoms with van der Waals surface area (Å²) in [5.74, 6) is -1.43. The molecule has 2 atom stereocenters. The Morgan fingerprint density at radius 1 is 1.43 bits per heavy atom. The summed E-state index contributed by atoms with van der Waals surface area (Å²) in [6.45, 7) is 2.64. The topological polar surface area (TPSA) is 102 Å². The highest BCUT2D eigenvalue weighted by Crippen LogP contribution is 2.23. The van der Waals surface area contributed by atoms with Gasteiger partial charge < -0.3 is 20.7 Å². The zero-order valence-corrected chi connectivity index (χ0v) is 13.2. The number of methoxy groups -OCH3 is 1. The molecule has 3 amide bonds. The molecule has 2 rings (SSSR count). The minimum absolute atomic E-state index is 0.0714. The molecule has 7 heteroatoms. The fourth-order valence-corrected chi connectivity index (χ4v) is 2.71. The van der Waals surface area contributed by atoms with Gasteiger partial charge in [0.15, 0.2) is 0 Å². The number of nitrogens with one attached hydrogen (secondary N) is 1. The van der Waals surface area contributed by atoms with Crippen LogP contribution in [0.2, 0.25) is 0 Å². The molecule has 3 N–H and O–H groups in total. The van der Waals surface area contributed by atoms with E-state index in [4.69, 9.17) is 10.5 Å². The van der Waals surface area contributed by atoms with Crippen LogP contribution < -0.4 is 11.1 Å². The van der Waals surface area contributed by atoms with Gasteiger partial charge in [0.1, 0.15) is 0 Å². The molecule has 0 radical (unpaired) electrons. The molecule has 23 heavy (non-hydrogen) atoms. The van der Waals surface area contributed by atoms with Crippen LogP contribution in [0.1, 0.15) is 23.7 Å². The first-order chi connectivity index (χ1) is 10.9. The SMILES string of the molecule is COC[C@H](C)N1C[C@@H](C(=O)Nc2ccccc2C(N)=O)CC1=O. The Labute approximate surface area is 134 Å². The number of benzene rings is 1. The van der Waals surface area contributed by atoms with Crippen molar-refractivity contribution in [2.75, 3.05) is 25.6 Å². The van der Waals surface area contributed by atoms with Crippen molar-refractivity contribution in [3.05, 3.63) is 29.8 Å². The number of amides is 3. The van der Waals surface area contributed by atoms with E-state index >= 15 is 0 Å². The highest BCUT2D eigenvalue weighted by Gasteiger charge is 2.36. The van der Waals surface area contributed by atoms with Gasteiger partial charge in [-0.3, -0.25) is 14.4 Å². The van der Waals surface area contributed by atoms with Crippen molar-refractivity contribution in [3.63, 3.8) is 0 Å². The van der Waals surface area contributed by atoms with Gasteiger partial charge in [0.05, 0.1) is 29.8 Å². The van der Waals surface area contributed by atoms with Gasteiger partial charge in [-0.05, 0) is 19.1 Å². The van der Waals surface area contributed by atoms with E-state index in [1.165, 1.54) is 0 Å². The predicted octanol–water partition coefficient (Wildman–Crippen LogP) is 0.607. The molecule has 0 saturated carbocycles. The molecule has 0 aromatic heterocycles. The summed E-state index contributed by atoms with van der Waals surface area (Å²) < 4.78 is 5.05. The molecule has 124 valence electrons. The van der Waals surface area contributed by atoms with Gasteiger partial charge in [-0.1, -0.05) is 12.1 Å². The average molecular weight is 319 g/mol. The van der Waals surface area contributed by atoms with Crippen molar-refractivity contribution in [2.24, 2.45) is 11.7 Å². The van der Waals surface area contributed by atoms with Crippen LogP contribution in [0.15, 0.2) is 24.3 Å². The maximum Gasteiger partial charge on any atom is 0.250 e. The van der Waals surface area contributed by atoms with Crippen molar-refractivity contribution in [2.45, 2.75) is 19.4 Å². The average Bonchev–Trinajstić information content (AvgIpc) is 2.90. The Balaban J connectivity index is 2.05. The molecule has 0 aliphatic carbocycles. The number of nitrogens with two attached hydrogens (primary N) is 1. The summed E-state index contributed by atoms with van der Waals surface area (Å²) in [7, 11) is 1.57. The number of hydrogen-bond donors (Lipinski definition) is 2. The number of ether oxygens (including phenoxy) is 1. The molecule has 1 aliphatic rings. The maximum absolute atomic E-state index is 12.4. The number of primary amides is 1. The second-order valence-corrected chi connectivity index (χ2v) is 5.65. The molecule has 1 aromatic rings. The van der Waals surface area contributed by atoms with E-state index in [1.54, 1.807) is 36.3 Å². The van der Waals surface area contributed by atoms with Gasteiger partial charge in [-0.2, -0.15) is 0 Å². The highest BCUT2D eigenvalue weighted by molar-refractivity contribution is 6.04. The lowest BCUT2D eigenvalue weighted by molar-refractivity contribution is -0.130. The Kier molecular flexibility index (Phi) is 5.33. The highest BCUT2D eigenvalue weighted by atomic mass is 16.5. The van der Waals surface area contributed by atoms with Crippen molar-refractivity contribution < 1.29 is 19.1 Å². The number of carbonyl (C=O) groups is 3. The van der Waals surface area contributed by atoms with Crippen molar-refractivity contribution in [1.29, 1.82) is 0 Å². The van der Waals surface area contributed by atoms with Crippen molar-refractivity contribution in [1.82, 2.24) is 4.90 Å². The molecule has 0 unspecified atom stereocenters. The van der Waals surface area contributed by atoms with E-state index in [-0.39, 0.29) is 29.8 Å². The van der Waals surface area contributed by atoms with Crippen LogP contribution in [0.4, 0.5) is 5.69 Å². The van der Waals surface area contributed by atoms with Crippen molar-refractivity contribution >= 4 is 23.4 Å². The molecule has 1 aliphatic heterocycles. The summed E-state index contributed by atoms with van der Waals surface area (Å²) in [5, 5.41) is 2.70. The minimum atomic E-state index is -0.612. The van der Waals surface area contributed by atoms with Crippen LogP contribution in [0.25, 0.3) is 0 Å². The van der Waals surface area contributed by atoms with Crippen LogP contribution in [0, 0.1) is 5.92 Å². The molecule has 7 nitrogen and oxygen atoms in total. The second kappa shape index (κ2) is 7.23. The van der Waals surface area contributed by atoms with E-state index in [1.807, 2.05) is 6.92 Å². The van der Waals surface area contributed by atoms with Crippen LogP contribution in [0.5, 0.6) is 0 Å². The van der Waals surface area contributed by atoms with Crippen LogP contribution in [-0.4, -0.2) is 48.9 Å². The van der Waals surface area contributed by atoms with Gasteiger partial charge in [-0.25, -0.2) is 0 Å². The van der Waals surface area contributed by atoms with E-state index in [2.05, 4.69) is 5.32 Å². The van der Waals surface area contributed by atoms with E-state index in [0.717, 1.165) is 0 Å². The van der Waals surface area contributed by atoms with Crippen LogP contribution in [0.3, 0.4) is 0 Å². The third-order valence-electron chi connectivity index (χ3n) is 3.92. The predicted molar refractivity (Wildman–Crippen MR) is 84.7 cm³/mol. The Bertz CT molecular complexity index is 617. The summed E-state index contributed by atoms with van der Waals surface area (Å²) in [6.07, 6.45) is 0.151. The molecule has 0 bridgehead atoms. The lowest BCUT2D eigenvalue weighted by Gasteiger charge is -2.24. The zero-order valence-electron chi connectivity index (χ0n) is 13.2. The number of carbonyl (C=O) groups excluding carboxylic acids is 3. The third kappa shape index (κ3) is 3.87. The quantitative estimate of drug-likeness (QED) is 0.802. The fraction of sp³-hybridized carbons (Fsp3) is 0.438. The normalized spacial score (nSPS) is 18.8. The van der Waals surface area contributed by atoms with Crippen LogP contribution in [-0.2, 0) is 14.3 Å². The van der Waals surface area contributed by atoms with E-state index in [9.17, 15) is 14.4 Å². The van der Waals surface area contributed by atoms with Gasteiger partial charge in [-0.15, -0.1) is 0 Å².